The standard InChI is InChI=1S/C13H12FN3O2S/c14-8-4-9(15)7(12(18)19)3-10(8)16-13-17-11(5-20-13)6-1-2-6/h3-6H,1-2,15H2,(H,16,17)(H,18,19). The molecule has 1 fully saturated rings. The predicted octanol–water partition coefficient (Wildman–Crippen LogP) is 3.18. The normalized spacial score (nSPS) is 14.2. The zero-order valence-electron chi connectivity index (χ0n) is 10.4. The molecule has 1 saturated carbocycles. The van der Waals surface area contributed by atoms with E-state index in [9.17, 15) is 9.18 Å². The number of nitrogen functional groups attached to an aromatic ring is 1. The summed E-state index contributed by atoms with van der Waals surface area (Å²) in [5.41, 5.74) is 6.31. The van der Waals surface area contributed by atoms with E-state index in [1.54, 1.807) is 0 Å². The van der Waals surface area contributed by atoms with Crippen LogP contribution in [-0.4, -0.2) is 16.1 Å². The van der Waals surface area contributed by atoms with Crippen LogP contribution < -0.4 is 11.1 Å². The van der Waals surface area contributed by atoms with Gasteiger partial charge < -0.3 is 16.2 Å². The van der Waals surface area contributed by atoms with E-state index < -0.39 is 11.8 Å². The van der Waals surface area contributed by atoms with E-state index in [0.717, 1.165) is 24.6 Å². The Hall–Kier alpha value is -2.15. The summed E-state index contributed by atoms with van der Waals surface area (Å²) >= 11 is 1.37. The number of benzene rings is 1. The first-order chi connectivity index (χ1) is 9.54. The van der Waals surface area contributed by atoms with E-state index in [1.165, 1.54) is 17.4 Å². The lowest BCUT2D eigenvalue weighted by Gasteiger charge is -2.08. The molecule has 20 heavy (non-hydrogen) atoms. The van der Waals surface area contributed by atoms with E-state index in [2.05, 4.69) is 10.3 Å². The molecule has 1 aliphatic carbocycles. The zero-order chi connectivity index (χ0) is 14.3. The summed E-state index contributed by atoms with van der Waals surface area (Å²) in [5, 5.41) is 14.3. The number of aromatic nitrogens is 1. The summed E-state index contributed by atoms with van der Waals surface area (Å²) in [4.78, 5) is 15.4. The Morgan fingerprint density at radius 3 is 2.90 bits per heavy atom. The van der Waals surface area contributed by atoms with Crippen LogP contribution >= 0.6 is 11.3 Å². The van der Waals surface area contributed by atoms with Crippen molar-refractivity contribution in [3.05, 3.63) is 34.6 Å². The summed E-state index contributed by atoms with van der Waals surface area (Å²) in [5.74, 6) is -1.27. The molecule has 0 unspecified atom stereocenters. The van der Waals surface area contributed by atoms with E-state index in [0.29, 0.717) is 11.0 Å². The van der Waals surface area contributed by atoms with Crippen molar-refractivity contribution >= 4 is 33.8 Å². The number of aromatic carboxylic acids is 1. The molecule has 0 radical (unpaired) electrons. The van der Waals surface area contributed by atoms with Gasteiger partial charge in [0, 0.05) is 17.0 Å². The van der Waals surface area contributed by atoms with Crippen molar-refractivity contribution in [2.24, 2.45) is 0 Å². The molecule has 0 bridgehead atoms. The van der Waals surface area contributed by atoms with Gasteiger partial charge in [-0.25, -0.2) is 14.2 Å². The second kappa shape index (κ2) is 4.75. The maximum Gasteiger partial charge on any atom is 0.337 e. The number of hydrogen-bond donors (Lipinski definition) is 3. The molecule has 0 aliphatic heterocycles. The van der Waals surface area contributed by atoms with Gasteiger partial charge in [-0.05, 0) is 25.0 Å². The number of nitrogens with one attached hydrogen (secondary N) is 1. The molecule has 1 aromatic heterocycles. The Bertz CT molecular complexity index is 682. The smallest absolute Gasteiger partial charge is 0.337 e. The third-order valence-corrected chi connectivity index (χ3v) is 3.90. The van der Waals surface area contributed by atoms with Crippen molar-refractivity contribution in [3.8, 4) is 0 Å². The molecule has 104 valence electrons. The third-order valence-electron chi connectivity index (χ3n) is 3.13. The number of halogens is 1. The second-order valence-corrected chi connectivity index (χ2v) is 5.56. The monoisotopic (exact) mass is 293 g/mol. The second-order valence-electron chi connectivity index (χ2n) is 4.70. The van der Waals surface area contributed by atoms with Crippen molar-refractivity contribution < 1.29 is 14.3 Å². The van der Waals surface area contributed by atoms with Crippen molar-refractivity contribution in [1.29, 1.82) is 0 Å². The molecule has 1 heterocycles. The van der Waals surface area contributed by atoms with Gasteiger partial charge in [0.15, 0.2) is 5.13 Å². The van der Waals surface area contributed by atoms with Crippen molar-refractivity contribution in [2.75, 3.05) is 11.1 Å². The Morgan fingerprint density at radius 1 is 1.50 bits per heavy atom. The first kappa shape index (κ1) is 12.9. The fourth-order valence-electron chi connectivity index (χ4n) is 1.90. The number of nitrogens with zero attached hydrogens (tertiary/aromatic N) is 1. The number of carboxylic acid groups (broad SMARTS) is 1. The van der Waals surface area contributed by atoms with Crippen molar-refractivity contribution in [1.82, 2.24) is 4.98 Å². The van der Waals surface area contributed by atoms with E-state index in [4.69, 9.17) is 10.8 Å². The molecule has 0 saturated heterocycles. The lowest BCUT2D eigenvalue weighted by molar-refractivity contribution is 0.0698. The van der Waals surface area contributed by atoms with Gasteiger partial charge in [0.2, 0.25) is 0 Å². The number of hydrogen-bond acceptors (Lipinski definition) is 5. The molecule has 1 aliphatic rings. The van der Waals surface area contributed by atoms with Crippen molar-refractivity contribution in [2.45, 2.75) is 18.8 Å². The summed E-state index contributed by atoms with van der Waals surface area (Å²) < 4.78 is 13.8. The lowest BCUT2D eigenvalue weighted by Crippen LogP contribution is -2.05. The first-order valence-corrected chi connectivity index (χ1v) is 6.97. The molecule has 5 nitrogen and oxygen atoms in total. The van der Waals surface area contributed by atoms with Crippen LogP contribution in [0.25, 0.3) is 0 Å². The van der Waals surface area contributed by atoms with Crippen LogP contribution in [0, 0.1) is 5.82 Å². The average Bonchev–Trinajstić information content (AvgIpc) is 3.13. The maximum atomic E-state index is 13.8. The maximum absolute atomic E-state index is 13.8. The highest BCUT2D eigenvalue weighted by molar-refractivity contribution is 7.13. The summed E-state index contributed by atoms with van der Waals surface area (Å²) in [6.45, 7) is 0. The average molecular weight is 293 g/mol. The number of anilines is 3. The van der Waals surface area contributed by atoms with Crippen LogP contribution in [0.4, 0.5) is 20.9 Å². The van der Waals surface area contributed by atoms with E-state index in [1.807, 2.05) is 5.38 Å². The van der Waals surface area contributed by atoms with Crippen LogP contribution in [-0.2, 0) is 0 Å². The Morgan fingerprint density at radius 2 is 2.25 bits per heavy atom. The minimum Gasteiger partial charge on any atom is -0.478 e. The fraction of sp³-hybridized carbons (Fsp3) is 0.231. The number of carboxylic acids is 1. The van der Waals surface area contributed by atoms with E-state index >= 15 is 0 Å². The van der Waals surface area contributed by atoms with Gasteiger partial charge in [-0.3, -0.25) is 0 Å². The Labute approximate surface area is 118 Å². The number of carbonyl (C=O) groups is 1. The quantitative estimate of drug-likeness (QED) is 0.753. The zero-order valence-corrected chi connectivity index (χ0v) is 11.2. The van der Waals surface area contributed by atoms with Crippen LogP contribution in [0.2, 0.25) is 0 Å². The molecule has 0 atom stereocenters. The van der Waals surface area contributed by atoms with Gasteiger partial charge in [0.1, 0.15) is 5.82 Å². The van der Waals surface area contributed by atoms with Gasteiger partial charge in [-0.15, -0.1) is 11.3 Å². The van der Waals surface area contributed by atoms with Crippen LogP contribution in [0.15, 0.2) is 17.5 Å². The highest BCUT2D eigenvalue weighted by Gasteiger charge is 2.26. The van der Waals surface area contributed by atoms with Crippen LogP contribution in [0.5, 0.6) is 0 Å². The van der Waals surface area contributed by atoms with Crippen molar-refractivity contribution in [3.63, 3.8) is 0 Å². The number of thiazole rings is 1. The van der Waals surface area contributed by atoms with Crippen LogP contribution in [0.3, 0.4) is 0 Å². The summed E-state index contributed by atoms with van der Waals surface area (Å²) in [7, 11) is 0. The predicted molar refractivity (Wildman–Crippen MR) is 75.1 cm³/mol. The molecule has 4 N–H and O–H groups in total. The molecule has 0 amide bonds. The van der Waals surface area contributed by atoms with Gasteiger partial charge >= 0.3 is 5.97 Å². The van der Waals surface area contributed by atoms with Gasteiger partial charge in [-0.2, -0.15) is 0 Å². The van der Waals surface area contributed by atoms with E-state index in [-0.39, 0.29) is 16.9 Å². The molecule has 1 aromatic carbocycles. The topological polar surface area (TPSA) is 88.2 Å². The third kappa shape index (κ3) is 2.44. The molecule has 0 spiro atoms. The highest BCUT2D eigenvalue weighted by atomic mass is 32.1. The molecule has 3 rings (SSSR count). The van der Waals surface area contributed by atoms with Crippen LogP contribution in [0.1, 0.15) is 34.8 Å². The largest absolute Gasteiger partial charge is 0.478 e. The van der Waals surface area contributed by atoms with Gasteiger partial charge in [-0.1, -0.05) is 0 Å². The molecular weight excluding hydrogens is 281 g/mol. The Kier molecular flexibility index (Phi) is 3.06. The van der Waals surface area contributed by atoms with Gasteiger partial charge in [0.05, 0.1) is 16.9 Å². The minimum atomic E-state index is -1.19. The molecular formula is C13H12FN3O2S. The summed E-state index contributed by atoms with van der Waals surface area (Å²) in [6, 6.07) is 2.19. The highest BCUT2D eigenvalue weighted by Crippen LogP contribution is 2.41. The minimum absolute atomic E-state index is 0.0632. The first-order valence-electron chi connectivity index (χ1n) is 6.09. The SMILES string of the molecule is Nc1cc(F)c(Nc2nc(C3CC3)cs2)cc1C(=O)O. The number of rotatable bonds is 4. The molecule has 7 heteroatoms. The van der Waals surface area contributed by atoms with Gasteiger partial charge in [0.25, 0.3) is 0 Å². The lowest BCUT2D eigenvalue weighted by atomic mass is 10.1. The molecule has 2 aromatic rings. The fourth-order valence-corrected chi connectivity index (χ4v) is 2.70. The Balaban J connectivity index is 1.88. The summed E-state index contributed by atoms with van der Waals surface area (Å²) in [6.07, 6.45) is 2.28. The number of nitrogens with two attached hydrogens (primary N) is 1.